The fraction of sp³-hybridized carbons (Fsp3) is 0.182. The summed E-state index contributed by atoms with van der Waals surface area (Å²) >= 11 is 1.48. The van der Waals surface area contributed by atoms with Crippen molar-refractivity contribution < 1.29 is 14.0 Å². The molecule has 0 atom stereocenters. The molecule has 3 aromatic rings. The topological polar surface area (TPSA) is 127 Å². The minimum absolute atomic E-state index is 0.0152. The summed E-state index contributed by atoms with van der Waals surface area (Å²) in [5, 5.41) is 2.86. The number of hydrogen-bond acceptors (Lipinski definition) is 6. The highest BCUT2D eigenvalue weighted by Gasteiger charge is 2.26. The zero-order valence-corrected chi connectivity index (χ0v) is 18.1. The van der Waals surface area contributed by atoms with Crippen LogP contribution in [-0.2, 0) is 4.79 Å². The number of aryl methyl sites for hydroxylation is 1. The van der Waals surface area contributed by atoms with E-state index < -0.39 is 11.7 Å². The highest BCUT2D eigenvalue weighted by Crippen LogP contribution is 2.23. The molecule has 0 fully saturated rings. The van der Waals surface area contributed by atoms with E-state index in [1.807, 2.05) is 12.1 Å². The molecule has 10 heteroatoms. The van der Waals surface area contributed by atoms with Gasteiger partial charge in [-0.3, -0.25) is 9.79 Å². The maximum absolute atomic E-state index is 13.9. The zero-order chi connectivity index (χ0) is 22.8. The van der Waals surface area contributed by atoms with Crippen LogP contribution in [0.5, 0.6) is 0 Å². The molecule has 0 saturated heterocycles. The third-order valence-corrected chi connectivity index (χ3v) is 5.83. The van der Waals surface area contributed by atoms with E-state index in [2.05, 4.69) is 15.3 Å². The summed E-state index contributed by atoms with van der Waals surface area (Å²) in [4.78, 5) is 35.2. The number of carbonyl (C=O) groups is 2. The van der Waals surface area contributed by atoms with Gasteiger partial charge < -0.3 is 21.7 Å². The Kier molecular flexibility index (Phi) is 5.87. The monoisotopic (exact) mass is 452 g/mol. The van der Waals surface area contributed by atoms with Gasteiger partial charge >= 0.3 is 6.03 Å². The number of thiazole rings is 1. The van der Waals surface area contributed by atoms with Crippen LogP contribution in [0.4, 0.5) is 14.9 Å². The lowest BCUT2D eigenvalue weighted by molar-refractivity contribution is -0.114. The first-order valence-corrected chi connectivity index (χ1v) is 10.7. The molecule has 2 heterocycles. The van der Waals surface area contributed by atoms with Crippen LogP contribution < -0.4 is 16.8 Å². The lowest BCUT2D eigenvalue weighted by Gasteiger charge is -2.27. The molecule has 5 N–H and O–H groups in total. The van der Waals surface area contributed by atoms with E-state index in [9.17, 15) is 14.0 Å². The van der Waals surface area contributed by atoms with Crippen LogP contribution in [0.3, 0.4) is 0 Å². The number of primary amides is 1. The van der Waals surface area contributed by atoms with Crippen molar-refractivity contribution in [2.75, 3.05) is 25.0 Å². The van der Waals surface area contributed by atoms with E-state index in [0.717, 1.165) is 10.2 Å². The lowest BCUT2D eigenvalue weighted by Crippen LogP contribution is -2.45. The third kappa shape index (κ3) is 4.45. The van der Waals surface area contributed by atoms with Gasteiger partial charge in [0.1, 0.15) is 5.82 Å². The van der Waals surface area contributed by atoms with Gasteiger partial charge in [-0.15, -0.1) is 11.3 Å². The first-order valence-electron chi connectivity index (χ1n) is 9.82. The second kappa shape index (κ2) is 8.75. The van der Waals surface area contributed by atoms with E-state index in [0.29, 0.717) is 23.4 Å². The average Bonchev–Trinajstić information content (AvgIpc) is 3.21. The fourth-order valence-corrected chi connectivity index (χ4v) is 4.27. The van der Waals surface area contributed by atoms with E-state index in [1.54, 1.807) is 24.6 Å². The van der Waals surface area contributed by atoms with Crippen molar-refractivity contribution in [2.45, 2.75) is 6.92 Å². The second-order valence-corrected chi connectivity index (χ2v) is 8.27. The molecule has 0 bridgehead atoms. The Morgan fingerprint density at radius 2 is 2.00 bits per heavy atom. The number of aromatic nitrogens is 1. The summed E-state index contributed by atoms with van der Waals surface area (Å²) in [7, 11) is 0. The third-order valence-electron chi connectivity index (χ3n) is 5.04. The highest BCUT2D eigenvalue weighted by atomic mass is 32.1. The van der Waals surface area contributed by atoms with Gasteiger partial charge in [0, 0.05) is 17.8 Å². The number of halogens is 1. The largest absolute Gasteiger partial charge is 0.398 e. The van der Waals surface area contributed by atoms with Crippen LogP contribution in [0.25, 0.3) is 15.9 Å². The Morgan fingerprint density at radius 1 is 1.19 bits per heavy atom. The Labute approximate surface area is 187 Å². The molecule has 1 aliphatic rings. The number of aliphatic imine (C=N–C) groups is 1. The molecule has 0 aliphatic carbocycles. The molecule has 0 spiro atoms. The van der Waals surface area contributed by atoms with Crippen LogP contribution >= 0.6 is 11.3 Å². The van der Waals surface area contributed by atoms with Crippen LogP contribution in [-0.4, -0.2) is 47.2 Å². The number of fused-ring (bicyclic) bond motifs is 1. The molecule has 0 unspecified atom stereocenters. The minimum atomic E-state index is -0.791. The Hall–Kier alpha value is -3.79. The van der Waals surface area contributed by atoms with Crippen molar-refractivity contribution in [3.63, 3.8) is 0 Å². The minimum Gasteiger partial charge on any atom is -0.398 e. The molecular weight excluding hydrogens is 431 g/mol. The number of rotatable bonds is 4. The van der Waals surface area contributed by atoms with Crippen LogP contribution in [0.15, 0.2) is 52.5 Å². The number of nitrogens with zero attached hydrogens (tertiary/aromatic N) is 3. The predicted octanol–water partition coefficient (Wildman–Crippen LogP) is 2.89. The highest BCUT2D eigenvalue weighted by molar-refractivity contribution is 7.16. The molecule has 32 heavy (non-hydrogen) atoms. The predicted molar refractivity (Wildman–Crippen MR) is 124 cm³/mol. The number of urea groups is 1. The van der Waals surface area contributed by atoms with Gasteiger partial charge in [-0.25, -0.2) is 14.2 Å². The summed E-state index contributed by atoms with van der Waals surface area (Å²) in [6.45, 7) is 2.41. The number of carbonyl (C=O) groups excluding carboxylic acids is 2. The first-order chi connectivity index (χ1) is 15.3. The molecule has 1 aliphatic heterocycles. The van der Waals surface area contributed by atoms with Gasteiger partial charge in [0.05, 0.1) is 45.8 Å². The van der Waals surface area contributed by atoms with Crippen molar-refractivity contribution in [1.82, 2.24) is 9.88 Å². The van der Waals surface area contributed by atoms with Crippen molar-refractivity contribution >= 4 is 50.6 Å². The maximum Gasteiger partial charge on any atom is 0.322 e. The smallest absolute Gasteiger partial charge is 0.322 e. The molecule has 8 nitrogen and oxygen atoms in total. The number of anilines is 1. The maximum atomic E-state index is 13.9. The van der Waals surface area contributed by atoms with Crippen molar-refractivity contribution in [2.24, 2.45) is 16.5 Å². The summed E-state index contributed by atoms with van der Waals surface area (Å²) in [6, 6.07) is 9.36. The van der Waals surface area contributed by atoms with Gasteiger partial charge in [0.15, 0.2) is 0 Å². The number of amides is 3. The van der Waals surface area contributed by atoms with Crippen molar-refractivity contribution in [3.8, 4) is 0 Å². The van der Waals surface area contributed by atoms with Crippen LogP contribution in [0.1, 0.15) is 11.1 Å². The van der Waals surface area contributed by atoms with Gasteiger partial charge in [-0.05, 0) is 48.9 Å². The molecule has 164 valence electrons. The molecule has 3 amide bonds. The summed E-state index contributed by atoms with van der Waals surface area (Å²) < 4.78 is 14.8. The Morgan fingerprint density at radius 3 is 2.75 bits per heavy atom. The Balaban J connectivity index is 1.57. The molecule has 0 saturated carbocycles. The second-order valence-electron chi connectivity index (χ2n) is 7.39. The standard InChI is InChI=1S/C22H21FN6O2S/c1-12-6-13(8-14(23)7-12)20(24)19(21(25)30)17-10-29(5-4-26-17)22(31)28-15-2-3-16-18(9-15)32-11-27-16/h2-3,6-9,11H,4-5,10,24H2,1H3,(H2,25,30)(H,28,31). The SMILES string of the molecule is Cc1cc(F)cc(C(N)=C(C(N)=O)C2=NCCN(C(=O)Nc3ccc4ncsc4c3)C2)c1. The van der Waals surface area contributed by atoms with E-state index in [4.69, 9.17) is 11.5 Å². The van der Waals surface area contributed by atoms with Gasteiger partial charge in [-0.1, -0.05) is 0 Å². The summed E-state index contributed by atoms with van der Waals surface area (Å²) in [5.41, 5.74) is 16.3. The Bertz CT molecular complexity index is 1260. The summed E-state index contributed by atoms with van der Waals surface area (Å²) in [6.07, 6.45) is 0. The first kappa shape index (κ1) is 21.4. The van der Waals surface area contributed by atoms with Crippen LogP contribution in [0.2, 0.25) is 0 Å². The number of nitrogens with one attached hydrogen (secondary N) is 1. The molecule has 4 rings (SSSR count). The number of nitrogens with two attached hydrogens (primary N) is 2. The van der Waals surface area contributed by atoms with Gasteiger partial charge in [0.2, 0.25) is 0 Å². The normalized spacial score (nSPS) is 14.7. The summed E-state index contributed by atoms with van der Waals surface area (Å²) in [5.74, 6) is -1.27. The molecule has 0 radical (unpaired) electrons. The molecule has 2 aromatic carbocycles. The van der Waals surface area contributed by atoms with E-state index in [-0.39, 0.29) is 36.1 Å². The lowest BCUT2D eigenvalue weighted by atomic mass is 9.99. The van der Waals surface area contributed by atoms with Gasteiger partial charge in [-0.2, -0.15) is 0 Å². The van der Waals surface area contributed by atoms with Gasteiger partial charge in [0.25, 0.3) is 5.91 Å². The van der Waals surface area contributed by atoms with Crippen molar-refractivity contribution in [1.29, 1.82) is 0 Å². The zero-order valence-electron chi connectivity index (χ0n) is 17.3. The average molecular weight is 453 g/mol. The van der Waals surface area contributed by atoms with Crippen LogP contribution in [0, 0.1) is 12.7 Å². The quantitative estimate of drug-likeness (QED) is 0.526. The van der Waals surface area contributed by atoms with Crippen molar-refractivity contribution in [3.05, 3.63) is 64.4 Å². The molecular formula is C22H21FN6O2S. The fourth-order valence-electron chi connectivity index (χ4n) is 3.55. The van der Waals surface area contributed by atoms with E-state index in [1.165, 1.54) is 28.4 Å². The molecule has 1 aromatic heterocycles. The number of benzene rings is 2. The number of hydrogen-bond donors (Lipinski definition) is 3. The van der Waals surface area contributed by atoms with E-state index >= 15 is 0 Å².